The molecule has 44 valence electrons. The minimum Gasteiger partial charge on any atom is -0.159 e. The van der Waals surface area contributed by atoms with Crippen molar-refractivity contribution in [2.45, 2.75) is 0 Å². The summed E-state index contributed by atoms with van der Waals surface area (Å²) in [5.74, 6) is 0.292. The van der Waals surface area contributed by atoms with Gasteiger partial charge in [-0.2, -0.15) is 5.10 Å². The third kappa shape index (κ3) is 1.40. The SMILES string of the molecule is [N-]=[N+]=Nc1cccnn1. The second-order valence-corrected chi connectivity index (χ2v) is 1.27. The van der Waals surface area contributed by atoms with Gasteiger partial charge in [0, 0.05) is 11.1 Å². The molecule has 0 saturated carbocycles. The van der Waals surface area contributed by atoms with Gasteiger partial charge in [0.05, 0.1) is 0 Å². The van der Waals surface area contributed by atoms with Crippen LogP contribution < -0.4 is 0 Å². The van der Waals surface area contributed by atoms with Crippen LogP contribution in [-0.2, 0) is 0 Å². The third-order valence-corrected chi connectivity index (χ3v) is 0.705. The maximum Gasteiger partial charge on any atom is 0.149 e. The smallest absolute Gasteiger partial charge is 0.149 e. The summed E-state index contributed by atoms with van der Waals surface area (Å²) < 4.78 is 0. The average Bonchev–Trinajstić information content (AvgIpc) is 1.91. The van der Waals surface area contributed by atoms with Crippen molar-refractivity contribution >= 4 is 5.82 Å². The predicted octanol–water partition coefficient (Wildman–Crippen LogP) is 1.42. The molecule has 0 fully saturated rings. The molecule has 0 unspecified atom stereocenters. The van der Waals surface area contributed by atoms with Gasteiger partial charge in [0.2, 0.25) is 0 Å². The lowest BCUT2D eigenvalue weighted by molar-refractivity contribution is 1.02. The Labute approximate surface area is 51.0 Å². The molecule has 1 aromatic rings. The van der Waals surface area contributed by atoms with Gasteiger partial charge < -0.3 is 0 Å². The Morgan fingerprint density at radius 1 is 1.67 bits per heavy atom. The highest BCUT2D eigenvalue weighted by Crippen LogP contribution is 2.01. The maximum absolute atomic E-state index is 7.91. The Bertz CT molecular complexity index is 224. The zero-order valence-electron chi connectivity index (χ0n) is 4.47. The minimum absolute atomic E-state index is 0.292. The molecular weight excluding hydrogens is 118 g/mol. The zero-order valence-corrected chi connectivity index (χ0v) is 4.47. The number of hydrogen-bond acceptors (Lipinski definition) is 3. The van der Waals surface area contributed by atoms with Crippen LogP contribution in [0.4, 0.5) is 5.82 Å². The van der Waals surface area contributed by atoms with Crippen molar-refractivity contribution in [1.29, 1.82) is 0 Å². The molecule has 0 bridgehead atoms. The fourth-order valence-electron chi connectivity index (χ4n) is 0.393. The largest absolute Gasteiger partial charge is 0.159 e. The van der Waals surface area contributed by atoms with Crippen molar-refractivity contribution in [3.8, 4) is 0 Å². The molecule has 0 aliphatic carbocycles. The lowest BCUT2D eigenvalue weighted by atomic mass is 10.5. The number of nitrogens with zero attached hydrogens (tertiary/aromatic N) is 5. The van der Waals surface area contributed by atoms with Crippen molar-refractivity contribution in [2.24, 2.45) is 5.11 Å². The molecule has 1 aromatic heterocycles. The van der Waals surface area contributed by atoms with Crippen LogP contribution in [0, 0.1) is 0 Å². The summed E-state index contributed by atoms with van der Waals surface area (Å²) in [7, 11) is 0. The second kappa shape index (κ2) is 2.64. The Balaban J connectivity index is 2.97. The lowest BCUT2D eigenvalue weighted by Gasteiger charge is -1.81. The van der Waals surface area contributed by atoms with Gasteiger partial charge in [0.15, 0.2) is 0 Å². The topological polar surface area (TPSA) is 74.5 Å². The fourth-order valence-corrected chi connectivity index (χ4v) is 0.393. The van der Waals surface area contributed by atoms with Gasteiger partial charge in [-0.25, -0.2) is 0 Å². The van der Waals surface area contributed by atoms with E-state index in [-0.39, 0.29) is 0 Å². The van der Waals surface area contributed by atoms with Crippen molar-refractivity contribution in [1.82, 2.24) is 10.2 Å². The minimum atomic E-state index is 0.292. The fraction of sp³-hybridized carbons (Fsp3) is 0. The van der Waals surface area contributed by atoms with Crippen LogP contribution >= 0.6 is 0 Å². The molecule has 9 heavy (non-hydrogen) atoms. The quantitative estimate of drug-likeness (QED) is 0.320. The first-order chi connectivity index (χ1) is 4.43. The molecule has 5 nitrogen and oxygen atoms in total. The van der Waals surface area contributed by atoms with Gasteiger partial charge in [0.1, 0.15) is 5.82 Å². The highest BCUT2D eigenvalue weighted by atomic mass is 15.2. The summed E-state index contributed by atoms with van der Waals surface area (Å²) in [6, 6.07) is 3.23. The molecule has 0 spiro atoms. The van der Waals surface area contributed by atoms with Gasteiger partial charge in [-0.05, 0) is 22.8 Å². The Kier molecular flexibility index (Phi) is 1.62. The van der Waals surface area contributed by atoms with Crippen molar-refractivity contribution in [3.63, 3.8) is 0 Å². The van der Waals surface area contributed by atoms with Crippen LogP contribution in [0.15, 0.2) is 23.4 Å². The number of hydrogen-bond donors (Lipinski definition) is 0. The normalized spacial score (nSPS) is 8.00. The summed E-state index contributed by atoms with van der Waals surface area (Å²) in [6.07, 6.45) is 1.51. The maximum atomic E-state index is 7.91. The molecule has 0 atom stereocenters. The Morgan fingerprint density at radius 2 is 2.56 bits per heavy atom. The molecule has 0 radical (unpaired) electrons. The summed E-state index contributed by atoms with van der Waals surface area (Å²) in [5.41, 5.74) is 7.91. The van der Waals surface area contributed by atoms with E-state index in [1.165, 1.54) is 6.20 Å². The van der Waals surface area contributed by atoms with E-state index in [2.05, 4.69) is 20.2 Å². The highest BCUT2D eigenvalue weighted by molar-refractivity contribution is 5.21. The molecule has 5 heteroatoms. The van der Waals surface area contributed by atoms with E-state index in [1.54, 1.807) is 12.1 Å². The molecule has 0 aromatic carbocycles. The Morgan fingerprint density at radius 3 is 3.11 bits per heavy atom. The van der Waals surface area contributed by atoms with E-state index in [1.807, 2.05) is 0 Å². The molecule has 1 heterocycles. The third-order valence-electron chi connectivity index (χ3n) is 0.705. The van der Waals surface area contributed by atoms with Gasteiger partial charge in [0.25, 0.3) is 0 Å². The zero-order chi connectivity index (χ0) is 6.53. The van der Waals surface area contributed by atoms with Crippen LogP contribution in [0.25, 0.3) is 10.4 Å². The van der Waals surface area contributed by atoms with Crippen LogP contribution in [0.1, 0.15) is 0 Å². The summed E-state index contributed by atoms with van der Waals surface area (Å²) in [6.45, 7) is 0. The summed E-state index contributed by atoms with van der Waals surface area (Å²) in [5, 5.41) is 10.2. The number of rotatable bonds is 1. The summed E-state index contributed by atoms with van der Waals surface area (Å²) >= 11 is 0. The van der Waals surface area contributed by atoms with Crippen LogP contribution in [0.5, 0.6) is 0 Å². The van der Waals surface area contributed by atoms with E-state index >= 15 is 0 Å². The molecule has 0 amide bonds. The molecule has 0 aliphatic rings. The lowest BCUT2D eigenvalue weighted by Crippen LogP contribution is -1.74. The highest BCUT2D eigenvalue weighted by Gasteiger charge is 1.82. The molecule has 0 N–H and O–H groups in total. The van der Waals surface area contributed by atoms with E-state index in [4.69, 9.17) is 5.53 Å². The van der Waals surface area contributed by atoms with E-state index in [0.29, 0.717) is 5.82 Å². The van der Waals surface area contributed by atoms with Crippen molar-refractivity contribution in [3.05, 3.63) is 28.8 Å². The van der Waals surface area contributed by atoms with E-state index in [9.17, 15) is 0 Å². The van der Waals surface area contributed by atoms with Crippen molar-refractivity contribution < 1.29 is 0 Å². The summed E-state index contributed by atoms with van der Waals surface area (Å²) in [4.78, 5) is 2.53. The first-order valence-corrected chi connectivity index (χ1v) is 2.26. The Hall–Kier alpha value is -1.61. The number of aromatic nitrogens is 2. The average molecular weight is 121 g/mol. The van der Waals surface area contributed by atoms with Gasteiger partial charge >= 0.3 is 0 Å². The monoisotopic (exact) mass is 121 g/mol. The second-order valence-electron chi connectivity index (χ2n) is 1.27. The van der Waals surface area contributed by atoms with Crippen LogP contribution in [0.2, 0.25) is 0 Å². The van der Waals surface area contributed by atoms with Gasteiger partial charge in [-0.15, -0.1) is 5.10 Å². The van der Waals surface area contributed by atoms with Crippen LogP contribution in [0.3, 0.4) is 0 Å². The molecule has 0 saturated heterocycles. The van der Waals surface area contributed by atoms with E-state index in [0.717, 1.165) is 0 Å². The first kappa shape index (κ1) is 5.53. The van der Waals surface area contributed by atoms with Crippen molar-refractivity contribution in [2.75, 3.05) is 0 Å². The first-order valence-electron chi connectivity index (χ1n) is 2.26. The van der Waals surface area contributed by atoms with Gasteiger partial charge in [-0.1, -0.05) is 0 Å². The number of azide groups is 1. The van der Waals surface area contributed by atoms with Crippen LogP contribution in [-0.4, -0.2) is 10.2 Å². The standard InChI is InChI=1S/C4H3N5/c5-9-8-4-2-1-3-6-7-4/h1-3H. The predicted molar refractivity (Wildman–Crippen MR) is 30.8 cm³/mol. The van der Waals surface area contributed by atoms with E-state index < -0.39 is 0 Å². The molecule has 0 aliphatic heterocycles. The molecule has 1 rings (SSSR count). The molecular formula is C4H3N5. The van der Waals surface area contributed by atoms with Gasteiger partial charge in [-0.3, -0.25) is 0 Å².